The molecule has 2 atom stereocenters. The fourth-order valence-corrected chi connectivity index (χ4v) is 3.93. The lowest BCUT2D eigenvalue weighted by molar-refractivity contribution is 0.0694. The van der Waals surface area contributed by atoms with Crippen LogP contribution in [-0.2, 0) is 6.42 Å². The fourth-order valence-electron chi connectivity index (χ4n) is 3.93. The summed E-state index contributed by atoms with van der Waals surface area (Å²) in [6, 6.07) is 7.97. The highest BCUT2D eigenvalue weighted by Gasteiger charge is 2.30. The number of benzene rings is 1. The van der Waals surface area contributed by atoms with Crippen LogP contribution < -0.4 is 0 Å². The first kappa shape index (κ1) is 16.0. The maximum atomic E-state index is 11.3. The van der Waals surface area contributed by atoms with E-state index in [0.29, 0.717) is 11.6 Å². The van der Waals surface area contributed by atoms with Crippen molar-refractivity contribution < 1.29 is 9.90 Å². The van der Waals surface area contributed by atoms with Crippen LogP contribution in [0.3, 0.4) is 0 Å². The molecule has 3 heteroatoms. The van der Waals surface area contributed by atoms with Crippen LogP contribution in [0.5, 0.6) is 0 Å². The summed E-state index contributed by atoms with van der Waals surface area (Å²) < 4.78 is 0. The van der Waals surface area contributed by atoms with Gasteiger partial charge in [-0.2, -0.15) is 0 Å². The minimum atomic E-state index is -0.826. The SMILES string of the molecule is CC1CCCC(C)C1N(C)CCc1ccccc1C(=O)O. The summed E-state index contributed by atoms with van der Waals surface area (Å²) in [4.78, 5) is 13.7. The van der Waals surface area contributed by atoms with E-state index in [-0.39, 0.29) is 0 Å². The Bertz CT molecular complexity index is 476. The fraction of sp³-hybridized carbons (Fsp3) is 0.611. The van der Waals surface area contributed by atoms with Gasteiger partial charge in [-0.1, -0.05) is 38.5 Å². The summed E-state index contributed by atoms with van der Waals surface area (Å²) >= 11 is 0. The predicted octanol–water partition coefficient (Wildman–Crippen LogP) is 3.68. The second kappa shape index (κ2) is 7.08. The van der Waals surface area contributed by atoms with Gasteiger partial charge in [0, 0.05) is 12.6 Å². The number of aromatic carboxylic acids is 1. The second-order valence-corrected chi connectivity index (χ2v) is 6.57. The van der Waals surface area contributed by atoms with Crippen molar-refractivity contribution >= 4 is 5.97 Å². The third-order valence-corrected chi connectivity index (χ3v) is 4.98. The lowest BCUT2D eigenvalue weighted by Gasteiger charge is -2.41. The molecule has 1 saturated carbocycles. The Morgan fingerprint density at radius 3 is 2.48 bits per heavy atom. The molecule has 116 valence electrons. The lowest BCUT2D eigenvalue weighted by Crippen LogP contribution is -2.44. The standard InChI is InChI=1S/C18H27NO2/c1-13-7-6-8-14(2)17(13)19(3)12-11-15-9-4-5-10-16(15)18(20)21/h4-5,9-10,13-14,17H,6-8,11-12H2,1-3H3,(H,20,21). The largest absolute Gasteiger partial charge is 0.478 e. The van der Waals surface area contributed by atoms with Gasteiger partial charge in [-0.3, -0.25) is 0 Å². The highest BCUT2D eigenvalue weighted by molar-refractivity contribution is 5.89. The highest BCUT2D eigenvalue weighted by Crippen LogP contribution is 2.32. The molecule has 0 amide bonds. The van der Waals surface area contributed by atoms with Crippen molar-refractivity contribution in [3.8, 4) is 0 Å². The number of hydrogen-bond acceptors (Lipinski definition) is 2. The molecular formula is C18H27NO2. The molecule has 2 unspecified atom stereocenters. The van der Waals surface area contributed by atoms with E-state index >= 15 is 0 Å². The van der Waals surface area contributed by atoms with Gasteiger partial charge in [-0.25, -0.2) is 4.79 Å². The van der Waals surface area contributed by atoms with Crippen molar-refractivity contribution in [2.75, 3.05) is 13.6 Å². The zero-order valence-corrected chi connectivity index (χ0v) is 13.4. The van der Waals surface area contributed by atoms with E-state index in [1.165, 1.54) is 19.3 Å². The van der Waals surface area contributed by atoms with Gasteiger partial charge >= 0.3 is 5.97 Å². The first-order chi connectivity index (χ1) is 10.0. The molecule has 21 heavy (non-hydrogen) atoms. The molecule has 1 aliphatic carbocycles. The van der Waals surface area contributed by atoms with Crippen LogP contribution >= 0.6 is 0 Å². The van der Waals surface area contributed by atoms with Crippen molar-refractivity contribution in [2.24, 2.45) is 11.8 Å². The average molecular weight is 289 g/mol. The molecular weight excluding hydrogens is 262 g/mol. The molecule has 2 rings (SSSR count). The monoisotopic (exact) mass is 289 g/mol. The van der Waals surface area contributed by atoms with Gasteiger partial charge in [0.1, 0.15) is 0 Å². The maximum absolute atomic E-state index is 11.3. The topological polar surface area (TPSA) is 40.5 Å². The first-order valence-corrected chi connectivity index (χ1v) is 8.02. The summed E-state index contributed by atoms with van der Waals surface area (Å²) in [6.07, 6.45) is 4.76. The summed E-state index contributed by atoms with van der Waals surface area (Å²) in [7, 11) is 2.19. The third-order valence-electron chi connectivity index (χ3n) is 4.98. The molecule has 0 spiro atoms. The van der Waals surface area contributed by atoms with Gasteiger partial charge in [-0.05, 0) is 49.8 Å². The maximum Gasteiger partial charge on any atom is 0.335 e. The number of likely N-dealkylation sites (N-methyl/N-ethyl adjacent to an activating group) is 1. The van der Waals surface area contributed by atoms with Crippen molar-refractivity contribution in [3.05, 3.63) is 35.4 Å². The van der Waals surface area contributed by atoms with E-state index in [0.717, 1.165) is 30.4 Å². The van der Waals surface area contributed by atoms with Crippen molar-refractivity contribution in [3.63, 3.8) is 0 Å². The molecule has 1 aromatic rings. The summed E-state index contributed by atoms with van der Waals surface area (Å²) in [5.74, 6) is 0.634. The quantitative estimate of drug-likeness (QED) is 0.899. The van der Waals surface area contributed by atoms with Gasteiger partial charge < -0.3 is 10.0 Å². The minimum absolute atomic E-state index is 0.440. The highest BCUT2D eigenvalue weighted by atomic mass is 16.4. The molecule has 0 aliphatic heterocycles. The molecule has 0 radical (unpaired) electrons. The van der Waals surface area contributed by atoms with Crippen molar-refractivity contribution in [1.82, 2.24) is 4.90 Å². The van der Waals surface area contributed by atoms with E-state index < -0.39 is 5.97 Å². The Labute approximate surface area is 128 Å². The van der Waals surface area contributed by atoms with E-state index in [1.807, 2.05) is 12.1 Å². The summed E-state index contributed by atoms with van der Waals surface area (Å²) in [5, 5.41) is 9.25. The molecule has 1 aromatic carbocycles. The van der Waals surface area contributed by atoms with Gasteiger partial charge in [-0.15, -0.1) is 0 Å². The van der Waals surface area contributed by atoms with Crippen LogP contribution in [0.4, 0.5) is 0 Å². The molecule has 0 aromatic heterocycles. The zero-order chi connectivity index (χ0) is 15.4. The van der Waals surface area contributed by atoms with Crippen LogP contribution in [0.2, 0.25) is 0 Å². The van der Waals surface area contributed by atoms with Gasteiger partial charge in [0.25, 0.3) is 0 Å². The van der Waals surface area contributed by atoms with E-state index in [1.54, 1.807) is 12.1 Å². The molecule has 1 aliphatic rings. The van der Waals surface area contributed by atoms with Crippen LogP contribution in [-0.4, -0.2) is 35.6 Å². The third kappa shape index (κ3) is 3.85. The normalized spacial score (nSPS) is 26.0. The van der Waals surface area contributed by atoms with Gasteiger partial charge in [0.2, 0.25) is 0 Å². The summed E-state index contributed by atoms with van der Waals surface area (Å²) in [5.41, 5.74) is 1.38. The van der Waals surface area contributed by atoms with E-state index in [2.05, 4.69) is 25.8 Å². The van der Waals surface area contributed by atoms with Crippen LogP contribution in [0.15, 0.2) is 24.3 Å². The molecule has 1 N–H and O–H groups in total. The Kier molecular flexibility index (Phi) is 5.40. The Morgan fingerprint density at radius 2 is 1.86 bits per heavy atom. The molecule has 3 nitrogen and oxygen atoms in total. The Balaban J connectivity index is 2.01. The predicted molar refractivity (Wildman–Crippen MR) is 85.7 cm³/mol. The average Bonchev–Trinajstić information content (AvgIpc) is 2.45. The number of carboxylic acids is 1. The molecule has 0 heterocycles. The van der Waals surface area contributed by atoms with Gasteiger partial charge in [0.15, 0.2) is 0 Å². The number of rotatable bonds is 5. The van der Waals surface area contributed by atoms with Crippen LogP contribution in [0.25, 0.3) is 0 Å². The number of nitrogens with zero attached hydrogens (tertiary/aromatic N) is 1. The van der Waals surface area contributed by atoms with Crippen LogP contribution in [0, 0.1) is 11.8 Å². The lowest BCUT2D eigenvalue weighted by atomic mass is 9.78. The smallest absolute Gasteiger partial charge is 0.335 e. The Hall–Kier alpha value is -1.35. The number of hydrogen-bond donors (Lipinski definition) is 1. The van der Waals surface area contributed by atoms with E-state index in [4.69, 9.17) is 0 Å². The van der Waals surface area contributed by atoms with E-state index in [9.17, 15) is 9.90 Å². The van der Waals surface area contributed by atoms with Gasteiger partial charge in [0.05, 0.1) is 5.56 Å². The molecule has 1 fully saturated rings. The van der Waals surface area contributed by atoms with Crippen LogP contribution in [0.1, 0.15) is 49.0 Å². The number of carbonyl (C=O) groups is 1. The van der Waals surface area contributed by atoms with Crippen molar-refractivity contribution in [2.45, 2.75) is 45.6 Å². The Morgan fingerprint density at radius 1 is 1.24 bits per heavy atom. The zero-order valence-electron chi connectivity index (χ0n) is 13.4. The summed E-state index contributed by atoms with van der Waals surface area (Å²) in [6.45, 7) is 5.62. The first-order valence-electron chi connectivity index (χ1n) is 8.02. The minimum Gasteiger partial charge on any atom is -0.478 e. The molecule has 0 saturated heterocycles. The second-order valence-electron chi connectivity index (χ2n) is 6.57. The van der Waals surface area contributed by atoms with Crippen molar-refractivity contribution in [1.29, 1.82) is 0 Å². The molecule has 0 bridgehead atoms. The number of carboxylic acid groups (broad SMARTS) is 1.